The molecule has 0 saturated carbocycles. The van der Waals surface area contributed by atoms with Crippen molar-refractivity contribution in [2.75, 3.05) is 13.2 Å². The molecular weight excluding hydrogens is 524 g/mol. The Kier molecular flexibility index (Phi) is 7.26. The van der Waals surface area contributed by atoms with Gasteiger partial charge in [-0.2, -0.15) is 0 Å². The lowest BCUT2D eigenvalue weighted by Crippen LogP contribution is -2.39. The fourth-order valence-electron chi connectivity index (χ4n) is 4.21. The molecular formula is C28H24N2O6S2. The second-order valence-electron chi connectivity index (χ2n) is 8.32. The number of aromatic nitrogens is 1. The molecule has 10 heteroatoms. The second-order valence-corrected chi connectivity index (χ2v) is 10.3. The minimum absolute atomic E-state index is 0.226. The Morgan fingerprint density at radius 2 is 1.79 bits per heavy atom. The number of thiophene rings is 1. The lowest BCUT2D eigenvalue weighted by Gasteiger charge is -2.23. The predicted molar refractivity (Wildman–Crippen MR) is 145 cm³/mol. The number of allylic oxidation sites excluding steroid dienone is 1. The van der Waals surface area contributed by atoms with Crippen molar-refractivity contribution in [1.29, 1.82) is 0 Å². The van der Waals surface area contributed by atoms with E-state index >= 15 is 0 Å². The van der Waals surface area contributed by atoms with Gasteiger partial charge in [-0.25, -0.2) is 14.6 Å². The Balaban J connectivity index is 1.52. The Bertz CT molecular complexity index is 1710. The van der Waals surface area contributed by atoms with Crippen LogP contribution in [0.5, 0.6) is 0 Å². The van der Waals surface area contributed by atoms with Crippen molar-refractivity contribution < 1.29 is 23.5 Å². The molecule has 0 aliphatic carbocycles. The molecule has 1 aliphatic heterocycles. The van der Waals surface area contributed by atoms with Crippen LogP contribution in [0.1, 0.15) is 47.8 Å². The van der Waals surface area contributed by atoms with E-state index in [0.717, 1.165) is 10.4 Å². The fourth-order valence-corrected chi connectivity index (χ4v) is 6.06. The number of thiazole rings is 1. The SMILES string of the molecule is CCOC(=O)C1=C(C)N=c2sc(=Cc3ccc(-c4ccc(C(=O)OCC)cc4)o3)c(=O)n2[C@@H]1c1cccs1. The van der Waals surface area contributed by atoms with E-state index in [0.29, 0.717) is 44.3 Å². The zero-order valence-corrected chi connectivity index (χ0v) is 22.6. The monoisotopic (exact) mass is 548 g/mol. The summed E-state index contributed by atoms with van der Waals surface area (Å²) in [7, 11) is 0. The van der Waals surface area contributed by atoms with Gasteiger partial charge in [-0.15, -0.1) is 11.3 Å². The van der Waals surface area contributed by atoms with Gasteiger partial charge in [0.25, 0.3) is 5.56 Å². The highest BCUT2D eigenvalue weighted by atomic mass is 32.1. The molecule has 0 unspecified atom stereocenters. The van der Waals surface area contributed by atoms with Crippen molar-refractivity contribution in [1.82, 2.24) is 4.57 Å². The highest BCUT2D eigenvalue weighted by Crippen LogP contribution is 2.33. The number of hydrogen-bond donors (Lipinski definition) is 0. The highest BCUT2D eigenvalue weighted by Gasteiger charge is 2.33. The third-order valence-corrected chi connectivity index (χ3v) is 7.82. The van der Waals surface area contributed by atoms with Crippen LogP contribution in [-0.4, -0.2) is 29.7 Å². The van der Waals surface area contributed by atoms with E-state index in [1.54, 1.807) is 67.8 Å². The number of rotatable bonds is 7. The molecule has 0 amide bonds. The van der Waals surface area contributed by atoms with Gasteiger partial charge in [-0.05, 0) is 56.5 Å². The van der Waals surface area contributed by atoms with Crippen LogP contribution < -0.4 is 14.9 Å². The average Bonchev–Trinajstić information content (AvgIpc) is 3.66. The van der Waals surface area contributed by atoms with Crippen molar-refractivity contribution in [3.8, 4) is 11.3 Å². The van der Waals surface area contributed by atoms with Crippen LogP contribution >= 0.6 is 22.7 Å². The van der Waals surface area contributed by atoms with Gasteiger partial charge >= 0.3 is 11.9 Å². The van der Waals surface area contributed by atoms with E-state index < -0.39 is 12.0 Å². The first kappa shape index (κ1) is 25.6. The summed E-state index contributed by atoms with van der Waals surface area (Å²) >= 11 is 2.70. The van der Waals surface area contributed by atoms with Gasteiger partial charge < -0.3 is 13.9 Å². The quantitative estimate of drug-likeness (QED) is 0.320. The van der Waals surface area contributed by atoms with E-state index in [-0.39, 0.29) is 18.1 Å². The molecule has 0 bridgehead atoms. The largest absolute Gasteiger partial charge is 0.463 e. The molecule has 0 N–H and O–H groups in total. The maximum atomic E-state index is 13.6. The molecule has 1 aliphatic rings. The number of hydrogen-bond acceptors (Lipinski definition) is 9. The first-order valence-electron chi connectivity index (χ1n) is 12.0. The summed E-state index contributed by atoms with van der Waals surface area (Å²) in [6.07, 6.45) is 1.68. The number of furan rings is 1. The Hall–Kier alpha value is -4.02. The Labute approximate surface area is 225 Å². The van der Waals surface area contributed by atoms with E-state index in [1.165, 1.54) is 22.7 Å². The Morgan fingerprint density at radius 3 is 2.47 bits per heavy atom. The maximum absolute atomic E-state index is 13.6. The molecule has 0 fully saturated rings. The van der Waals surface area contributed by atoms with Gasteiger partial charge in [0.1, 0.15) is 17.6 Å². The van der Waals surface area contributed by atoms with E-state index in [4.69, 9.17) is 13.9 Å². The third-order valence-electron chi connectivity index (χ3n) is 5.91. The predicted octanol–water partition coefficient (Wildman–Crippen LogP) is 4.30. The number of esters is 2. The summed E-state index contributed by atoms with van der Waals surface area (Å²) < 4.78 is 18.3. The molecule has 1 atom stereocenters. The molecule has 5 rings (SSSR count). The smallest absolute Gasteiger partial charge is 0.338 e. The standard InChI is InChI=1S/C28H24N2O6S2/c1-4-34-26(32)18-10-8-17(9-11-18)20-13-12-19(36-20)15-22-25(31)30-24(21-7-6-14-37-21)23(27(33)35-5-2)16(3)29-28(30)38-22/h6-15,24H,4-5H2,1-3H3/t24-/m1/s1. The summed E-state index contributed by atoms with van der Waals surface area (Å²) in [6, 6.07) is 13.7. The highest BCUT2D eigenvalue weighted by molar-refractivity contribution is 7.10. The van der Waals surface area contributed by atoms with Gasteiger partial charge in [0.05, 0.1) is 34.6 Å². The van der Waals surface area contributed by atoms with Crippen LogP contribution in [0.4, 0.5) is 0 Å². The minimum Gasteiger partial charge on any atom is -0.463 e. The summed E-state index contributed by atoms with van der Waals surface area (Å²) in [5.74, 6) is 0.230. The fraction of sp³-hybridized carbons (Fsp3) is 0.214. The molecule has 194 valence electrons. The zero-order chi connectivity index (χ0) is 26.8. The summed E-state index contributed by atoms with van der Waals surface area (Å²) in [5.41, 5.74) is 1.87. The van der Waals surface area contributed by atoms with Crippen molar-refractivity contribution >= 4 is 40.7 Å². The molecule has 38 heavy (non-hydrogen) atoms. The number of carbonyl (C=O) groups excluding carboxylic acids is 2. The van der Waals surface area contributed by atoms with Crippen molar-refractivity contribution in [2.45, 2.75) is 26.8 Å². The molecule has 1 aromatic carbocycles. The molecule has 0 spiro atoms. The zero-order valence-electron chi connectivity index (χ0n) is 20.9. The lowest BCUT2D eigenvalue weighted by atomic mass is 10.0. The van der Waals surface area contributed by atoms with Crippen molar-refractivity contribution in [3.63, 3.8) is 0 Å². The topological polar surface area (TPSA) is 100 Å². The van der Waals surface area contributed by atoms with Gasteiger partial charge in [0.15, 0.2) is 4.80 Å². The van der Waals surface area contributed by atoms with Gasteiger partial charge in [-0.3, -0.25) is 9.36 Å². The maximum Gasteiger partial charge on any atom is 0.338 e. The van der Waals surface area contributed by atoms with E-state index in [2.05, 4.69) is 4.99 Å². The van der Waals surface area contributed by atoms with Crippen LogP contribution in [0.15, 0.2) is 79.4 Å². The number of carbonyl (C=O) groups is 2. The third kappa shape index (κ3) is 4.80. The van der Waals surface area contributed by atoms with Crippen molar-refractivity contribution in [2.24, 2.45) is 4.99 Å². The minimum atomic E-state index is -0.613. The summed E-state index contributed by atoms with van der Waals surface area (Å²) in [6.45, 7) is 5.80. The van der Waals surface area contributed by atoms with Crippen LogP contribution in [-0.2, 0) is 14.3 Å². The number of nitrogens with zero attached hydrogens (tertiary/aromatic N) is 2. The van der Waals surface area contributed by atoms with Crippen LogP contribution in [0, 0.1) is 0 Å². The molecule has 4 heterocycles. The van der Waals surface area contributed by atoms with Gasteiger partial charge in [0, 0.05) is 16.5 Å². The lowest BCUT2D eigenvalue weighted by molar-refractivity contribution is -0.139. The molecule has 0 saturated heterocycles. The van der Waals surface area contributed by atoms with E-state index in [9.17, 15) is 14.4 Å². The van der Waals surface area contributed by atoms with Crippen LogP contribution in [0.2, 0.25) is 0 Å². The number of fused-ring (bicyclic) bond motifs is 1. The first-order chi connectivity index (χ1) is 18.4. The Morgan fingerprint density at radius 1 is 1.05 bits per heavy atom. The second kappa shape index (κ2) is 10.8. The average molecular weight is 549 g/mol. The first-order valence-corrected chi connectivity index (χ1v) is 13.7. The molecule has 8 nitrogen and oxygen atoms in total. The molecule has 4 aromatic rings. The van der Waals surface area contributed by atoms with Crippen LogP contribution in [0.25, 0.3) is 17.4 Å². The van der Waals surface area contributed by atoms with Crippen LogP contribution in [0.3, 0.4) is 0 Å². The van der Waals surface area contributed by atoms with Gasteiger partial charge in [-0.1, -0.05) is 29.5 Å². The molecule has 0 radical (unpaired) electrons. The van der Waals surface area contributed by atoms with Gasteiger partial charge in [0.2, 0.25) is 0 Å². The summed E-state index contributed by atoms with van der Waals surface area (Å²) in [4.78, 5) is 44.3. The number of benzene rings is 1. The molecule has 3 aromatic heterocycles. The normalized spacial score (nSPS) is 15.2. The number of ether oxygens (including phenoxy) is 2. The van der Waals surface area contributed by atoms with E-state index in [1.807, 2.05) is 17.5 Å². The summed E-state index contributed by atoms with van der Waals surface area (Å²) in [5, 5.41) is 1.91. The van der Waals surface area contributed by atoms with Crippen molar-refractivity contribution in [3.05, 3.63) is 101 Å².